The van der Waals surface area contributed by atoms with Gasteiger partial charge in [-0.1, -0.05) is 32.0 Å². The lowest BCUT2D eigenvalue weighted by Crippen LogP contribution is -2.21. The Balaban J connectivity index is 2.51. The minimum Gasteiger partial charge on any atom is -0.321 e. The van der Waals surface area contributed by atoms with Gasteiger partial charge in [0.15, 0.2) is 5.82 Å². The molecule has 17 heavy (non-hydrogen) atoms. The molecule has 4 nitrogen and oxygen atoms in total. The summed E-state index contributed by atoms with van der Waals surface area (Å²) in [6.45, 7) is 6.12. The van der Waals surface area contributed by atoms with Gasteiger partial charge in [-0.25, -0.2) is 0 Å². The largest absolute Gasteiger partial charge is 0.321 e. The van der Waals surface area contributed by atoms with Crippen LogP contribution in [0.3, 0.4) is 0 Å². The molecule has 2 rings (SSSR count). The zero-order valence-electron chi connectivity index (χ0n) is 10.5. The quantitative estimate of drug-likeness (QED) is 0.879. The molecule has 0 aliphatic heterocycles. The summed E-state index contributed by atoms with van der Waals surface area (Å²) in [7, 11) is 0. The molecule has 1 aromatic heterocycles. The summed E-state index contributed by atoms with van der Waals surface area (Å²) in [5, 5.41) is 8.33. The van der Waals surface area contributed by atoms with Crippen molar-refractivity contribution in [2.75, 3.05) is 0 Å². The third-order valence-corrected chi connectivity index (χ3v) is 2.88. The van der Waals surface area contributed by atoms with E-state index in [9.17, 15) is 0 Å². The fourth-order valence-corrected chi connectivity index (χ4v) is 1.79. The molecule has 0 spiro atoms. The van der Waals surface area contributed by atoms with Gasteiger partial charge in [0.05, 0.1) is 6.04 Å². The van der Waals surface area contributed by atoms with E-state index in [1.54, 1.807) is 0 Å². The molecular formula is C13H18N4. The molecule has 0 aliphatic carbocycles. The van der Waals surface area contributed by atoms with E-state index in [-0.39, 0.29) is 6.04 Å². The van der Waals surface area contributed by atoms with Crippen molar-refractivity contribution < 1.29 is 0 Å². The molecule has 0 aliphatic rings. The molecule has 0 saturated carbocycles. The monoisotopic (exact) mass is 230 g/mol. The van der Waals surface area contributed by atoms with Crippen molar-refractivity contribution in [3.8, 4) is 5.69 Å². The second-order valence-electron chi connectivity index (χ2n) is 4.55. The van der Waals surface area contributed by atoms with E-state index in [1.165, 1.54) is 0 Å². The Morgan fingerprint density at radius 3 is 2.35 bits per heavy atom. The van der Waals surface area contributed by atoms with Crippen molar-refractivity contribution in [3.05, 3.63) is 42.0 Å². The van der Waals surface area contributed by atoms with E-state index in [0.717, 1.165) is 17.3 Å². The normalized spacial score (nSPS) is 13.0. The minimum atomic E-state index is -0.101. The predicted octanol–water partition coefficient (Wildman–Crippen LogP) is 2.23. The number of hydrogen-bond acceptors (Lipinski definition) is 3. The summed E-state index contributed by atoms with van der Waals surface area (Å²) in [5.41, 5.74) is 7.22. The molecule has 1 aromatic carbocycles. The summed E-state index contributed by atoms with van der Waals surface area (Å²) >= 11 is 0. The van der Waals surface area contributed by atoms with Gasteiger partial charge in [-0.05, 0) is 25.0 Å². The minimum absolute atomic E-state index is 0.101. The summed E-state index contributed by atoms with van der Waals surface area (Å²) in [6, 6.07) is 9.96. The van der Waals surface area contributed by atoms with Crippen molar-refractivity contribution in [2.24, 2.45) is 11.7 Å². The molecule has 0 bridgehead atoms. The molecule has 2 aromatic rings. The first-order valence-electron chi connectivity index (χ1n) is 5.84. The van der Waals surface area contributed by atoms with E-state index in [4.69, 9.17) is 5.73 Å². The Bertz CT molecular complexity index is 487. The highest BCUT2D eigenvalue weighted by atomic mass is 15.3. The Kier molecular flexibility index (Phi) is 3.24. The average molecular weight is 230 g/mol. The maximum absolute atomic E-state index is 6.17. The van der Waals surface area contributed by atoms with Crippen molar-refractivity contribution in [2.45, 2.75) is 26.8 Å². The van der Waals surface area contributed by atoms with Gasteiger partial charge in [0.1, 0.15) is 5.82 Å². The highest BCUT2D eigenvalue weighted by Crippen LogP contribution is 2.21. The average Bonchev–Trinajstić information content (AvgIpc) is 2.71. The Labute approximate surface area is 101 Å². The van der Waals surface area contributed by atoms with Crippen LogP contribution in [0.5, 0.6) is 0 Å². The molecular weight excluding hydrogens is 212 g/mol. The lowest BCUT2D eigenvalue weighted by molar-refractivity contribution is 0.483. The van der Waals surface area contributed by atoms with Gasteiger partial charge < -0.3 is 5.73 Å². The molecule has 2 N–H and O–H groups in total. The van der Waals surface area contributed by atoms with Crippen LogP contribution in [0.4, 0.5) is 0 Å². The van der Waals surface area contributed by atoms with Crippen molar-refractivity contribution in [1.82, 2.24) is 14.8 Å². The number of aryl methyl sites for hydroxylation is 1. The first kappa shape index (κ1) is 11.8. The molecule has 0 saturated heterocycles. The summed E-state index contributed by atoms with van der Waals surface area (Å²) in [5.74, 6) is 2.02. The molecule has 1 atom stereocenters. The highest BCUT2D eigenvalue weighted by molar-refractivity contribution is 5.34. The van der Waals surface area contributed by atoms with Crippen molar-refractivity contribution >= 4 is 0 Å². The van der Waals surface area contributed by atoms with Crippen LogP contribution in [0, 0.1) is 12.8 Å². The zero-order chi connectivity index (χ0) is 12.4. The Morgan fingerprint density at radius 2 is 1.76 bits per heavy atom. The number of hydrogen-bond donors (Lipinski definition) is 1. The van der Waals surface area contributed by atoms with Crippen LogP contribution in [0.25, 0.3) is 5.69 Å². The van der Waals surface area contributed by atoms with Crippen molar-refractivity contribution in [3.63, 3.8) is 0 Å². The van der Waals surface area contributed by atoms with Gasteiger partial charge >= 0.3 is 0 Å². The van der Waals surface area contributed by atoms with Crippen LogP contribution in [-0.4, -0.2) is 14.8 Å². The number of benzene rings is 1. The van der Waals surface area contributed by atoms with Gasteiger partial charge in [-0.2, -0.15) is 0 Å². The Morgan fingerprint density at radius 1 is 1.12 bits per heavy atom. The van der Waals surface area contributed by atoms with Crippen molar-refractivity contribution in [1.29, 1.82) is 0 Å². The number of nitrogens with two attached hydrogens (primary N) is 1. The second kappa shape index (κ2) is 4.67. The first-order valence-corrected chi connectivity index (χ1v) is 5.84. The van der Waals surface area contributed by atoms with Crippen LogP contribution < -0.4 is 5.73 Å². The predicted molar refractivity (Wildman–Crippen MR) is 67.9 cm³/mol. The topological polar surface area (TPSA) is 56.7 Å². The Hall–Kier alpha value is -1.68. The third-order valence-electron chi connectivity index (χ3n) is 2.88. The van der Waals surface area contributed by atoms with Gasteiger partial charge in [-0.3, -0.25) is 4.57 Å². The van der Waals surface area contributed by atoms with Crippen LogP contribution in [0.15, 0.2) is 30.3 Å². The molecule has 1 unspecified atom stereocenters. The SMILES string of the molecule is Cc1nnc(C(N)C(C)C)n1-c1ccccc1. The summed E-state index contributed by atoms with van der Waals surface area (Å²) in [4.78, 5) is 0. The fourth-order valence-electron chi connectivity index (χ4n) is 1.79. The summed E-state index contributed by atoms with van der Waals surface area (Å²) in [6.07, 6.45) is 0. The first-order chi connectivity index (χ1) is 8.11. The van der Waals surface area contributed by atoms with Crippen LogP contribution in [0.2, 0.25) is 0 Å². The lowest BCUT2D eigenvalue weighted by Gasteiger charge is -2.16. The second-order valence-corrected chi connectivity index (χ2v) is 4.55. The third kappa shape index (κ3) is 2.22. The zero-order valence-corrected chi connectivity index (χ0v) is 10.5. The molecule has 0 radical (unpaired) electrons. The van der Waals surface area contributed by atoms with E-state index in [2.05, 4.69) is 24.0 Å². The number of aromatic nitrogens is 3. The van der Waals surface area contributed by atoms with Gasteiger partial charge in [-0.15, -0.1) is 10.2 Å². The molecule has 4 heteroatoms. The maximum Gasteiger partial charge on any atom is 0.154 e. The van der Waals surface area contributed by atoms with E-state index >= 15 is 0 Å². The van der Waals surface area contributed by atoms with Crippen LogP contribution >= 0.6 is 0 Å². The number of nitrogens with zero attached hydrogens (tertiary/aromatic N) is 3. The lowest BCUT2D eigenvalue weighted by atomic mass is 10.0. The van der Waals surface area contributed by atoms with Gasteiger partial charge in [0.25, 0.3) is 0 Å². The van der Waals surface area contributed by atoms with E-state index < -0.39 is 0 Å². The maximum atomic E-state index is 6.17. The number of rotatable bonds is 3. The smallest absolute Gasteiger partial charge is 0.154 e. The molecule has 0 amide bonds. The highest BCUT2D eigenvalue weighted by Gasteiger charge is 2.19. The number of para-hydroxylation sites is 1. The van der Waals surface area contributed by atoms with Gasteiger partial charge in [0, 0.05) is 5.69 Å². The molecule has 90 valence electrons. The summed E-state index contributed by atoms with van der Waals surface area (Å²) < 4.78 is 2.02. The van der Waals surface area contributed by atoms with E-state index in [0.29, 0.717) is 5.92 Å². The van der Waals surface area contributed by atoms with E-state index in [1.807, 2.05) is 41.8 Å². The molecule has 0 fully saturated rings. The fraction of sp³-hybridized carbons (Fsp3) is 0.385. The van der Waals surface area contributed by atoms with Crippen LogP contribution in [-0.2, 0) is 0 Å². The van der Waals surface area contributed by atoms with Crippen LogP contribution in [0.1, 0.15) is 31.5 Å². The molecule has 1 heterocycles. The standard InChI is InChI=1S/C13H18N4/c1-9(2)12(14)13-16-15-10(3)17(13)11-7-5-4-6-8-11/h4-9,12H,14H2,1-3H3. The van der Waals surface area contributed by atoms with Gasteiger partial charge in [0.2, 0.25) is 0 Å².